The van der Waals surface area contributed by atoms with E-state index in [-0.39, 0.29) is 0 Å². The van der Waals surface area contributed by atoms with Crippen molar-refractivity contribution in [2.45, 2.75) is 26.3 Å². The maximum atomic E-state index is 5.98. The number of halogens is 1. The Balaban J connectivity index is 2.06. The molecule has 2 heterocycles. The van der Waals surface area contributed by atoms with Gasteiger partial charge < -0.3 is 10.5 Å². The van der Waals surface area contributed by atoms with Crippen LogP contribution in [0.25, 0.3) is 0 Å². The van der Waals surface area contributed by atoms with E-state index >= 15 is 0 Å². The molecule has 5 heteroatoms. The van der Waals surface area contributed by atoms with Crippen molar-refractivity contribution in [2.24, 2.45) is 5.92 Å². The zero-order valence-corrected chi connectivity index (χ0v) is 11.0. The molecule has 0 saturated carbocycles. The topological polar surface area (TPSA) is 53.1 Å². The van der Waals surface area contributed by atoms with E-state index in [1.165, 1.54) is 0 Å². The molecule has 0 aliphatic carbocycles. The predicted molar refractivity (Wildman–Crippen MR) is 67.6 cm³/mol. The van der Waals surface area contributed by atoms with Crippen molar-refractivity contribution in [3.05, 3.63) is 9.26 Å². The Morgan fingerprint density at radius 2 is 2.20 bits per heavy atom. The summed E-state index contributed by atoms with van der Waals surface area (Å²) in [4.78, 5) is 0. The van der Waals surface area contributed by atoms with E-state index in [0.717, 1.165) is 47.7 Å². The minimum Gasteiger partial charge on any atom is -0.383 e. The highest BCUT2D eigenvalue weighted by Crippen LogP contribution is 2.22. The summed E-state index contributed by atoms with van der Waals surface area (Å²) in [5.41, 5.74) is 7.01. The van der Waals surface area contributed by atoms with E-state index in [1.54, 1.807) is 0 Å². The van der Waals surface area contributed by atoms with Crippen LogP contribution in [0.4, 0.5) is 5.82 Å². The minimum atomic E-state index is 0.663. The van der Waals surface area contributed by atoms with Crippen LogP contribution in [0.15, 0.2) is 0 Å². The fourth-order valence-corrected chi connectivity index (χ4v) is 2.28. The lowest BCUT2D eigenvalue weighted by molar-refractivity contribution is 0.0603. The summed E-state index contributed by atoms with van der Waals surface area (Å²) < 4.78 is 8.35. The first kappa shape index (κ1) is 11.2. The lowest BCUT2D eigenvalue weighted by Gasteiger charge is -2.22. The summed E-state index contributed by atoms with van der Waals surface area (Å²) in [5.74, 6) is 1.47. The van der Waals surface area contributed by atoms with Gasteiger partial charge in [0.2, 0.25) is 0 Å². The first-order valence-electron chi connectivity index (χ1n) is 5.24. The normalized spacial score (nSPS) is 18.3. The quantitative estimate of drug-likeness (QED) is 0.845. The van der Waals surface area contributed by atoms with Crippen molar-refractivity contribution >= 4 is 28.4 Å². The third-order valence-electron chi connectivity index (χ3n) is 2.86. The number of hydrogen-bond donors (Lipinski definition) is 1. The van der Waals surface area contributed by atoms with Crippen molar-refractivity contribution < 1.29 is 4.74 Å². The largest absolute Gasteiger partial charge is 0.383 e. The molecule has 0 unspecified atom stereocenters. The van der Waals surface area contributed by atoms with Gasteiger partial charge in [-0.05, 0) is 48.3 Å². The van der Waals surface area contributed by atoms with E-state index in [2.05, 4.69) is 27.7 Å². The number of rotatable bonds is 2. The molecule has 84 valence electrons. The van der Waals surface area contributed by atoms with Gasteiger partial charge in [0.05, 0.1) is 9.26 Å². The van der Waals surface area contributed by atoms with Gasteiger partial charge in [0, 0.05) is 19.8 Å². The zero-order chi connectivity index (χ0) is 10.8. The molecule has 1 aromatic heterocycles. The highest BCUT2D eigenvalue weighted by atomic mass is 127. The number of aryl methyl sites for hydroxylation is 1. The minimum absolute atomic E-state index is 0.663. The van der Waals surface area contributed by atoms with Crippen LogP contribution in [-0.4, -0.2) is 23.0 Å². The number of anilines is 1. The third kappa shape index (κ3) is 2.44. The predicted octanol–water partition coefficient (Wildman–Crippen LogP) is 1.80. The van der Waals surface area contributed by atoms with Gasteiger partial charge in [0.15, 0.2) is 0 Å². The second kappa shape index (κ2) is 4.69. The zero-order valence-electron chi connectivity index (χ0n) is 8.87. The lowest BCUT2D eigenvalue weighted by atomic mass is 10.0. The van der Waals surface area contributed by atoms with Gasteiger partial charge in [-0.2, -0.15) is 5.10 Å². The van der Waals surface area contributed by atoms with Crippen molar-refractivity contribution in [3.8, 4) is 0 Å². The SMILES string of the molecule is Cc1nn(CC2CCOCC2)c(N)c1I. The van der Waals surface area contributed by atoms with E-state index in [0.29, 0.717) is 5.92 Å². The summed E-state index contributed by atoms with van der Waals surface area (Å²) in [6, 6.07) is 0. The molecule has 4 nitrogen and oxygen atoms in total. The molecule has 1 aromatic rings. The number of aromatic nitrogens is 2. The molecule has 0 bridgehead atoms. The summed E-state index contributed by atoms with van der Waals surface area (Å²) in [6.07, 6.45) is 2.24. The Kier molecular flexibility index (Phi) is 3.50. The Morgan fingerprint density at radius 3 is 2.73 bits per heavy atom. The second-order valence-electron chi connectivity index (χ2n) is 4.02. The first-order valence-corrected chi connectivity index (χ1v) is 6.32. The molecule has 0 amide bonds. The molecule has 1 saturated heterocycles. The summed E-state index contributed by atoms with van der Waals surface area (Å²) in [6.45, 7) is 4.68. The van der Waals surface area contributed by atoms with Gasteiger partial charge in [-0.1, -0.05) is 0 Å². The number of ether oxygens (including phenoxy) is 1. The maximum absolute atomic E-state index is 5.98. The Morgan fingerprint density at radius 1 is 1.53 bits per heavy atom. The average molecular weight is 321 g/mol. The smallest absolute Gasteiger partial charge is 0.135 e. The molecular formula is C10H16IN3O. The first-order chi connectivity index (χ1) is 7.18. The van der Waals surface area contributed by atoms with Crippen LogP contribution in [0.2, 0.25) is 0 Å². The molecule has 0 radical (unpaired) electrons. The molecule has 1 aliphatic heterocycles. The van der Waals surface area contributed by atoms with Crippen LogP contribution in [0, 0.1) is 16.4 Å². The number of hydrogen-bond acceptors (Lipinski definition) is 3. The molecule has 1 fully saturated rings. The number of nitrogens with two attached hydrogens (primary N) is 1. The van der Waals surface area contributed by atoms with Crippen LogP contribution in [0.5, 0.6) is 0 Å². The van der Waals surface area contributed by atoms with Crippen LogP contribution in [0.1, 0.15) is 18.5 Å². The van der Waals surface area contributed by atoms with Gasteiger partial charge in [0.25, 0.3) is 0 Å². The van der Waals surface area contributed by atoms with Crippen LogP contribution in [-0.2, 0) is 11.3 Å². The summed E-state index contributed by atoms with van der Waals surface area (Å²) in [7, 11) is 0. The van der Waals surface area contributed by atoms with E-state index < -0.39 is 0 Å². The van der Waals surface area contributed by atoms with E-state index in [9.17, 15) is 0 Å². The number of nitrogen functional groups attached to an aromatic ring is 1. The van der Waals surface area contributed by atoms with Crippen molar-refractivity contribution in [3.63, 3.8) is 0 Å². The van der Waals surface area contributed by atoms with E-state index in [1.807, 2.05) is 11.6 Å². The Bertz CT molecular complexity index is 345. The van der Waals surface area contributed by atoms with Gasteiger partial charge in [-0.25, -0.2) is 4.68 Å². The van der Waals surface area contributed by atoms with Crippen LogP contribution >= 0.6 is 22.6 Å². The number of nitrogens with zero attached hydrogens (tertiary/aromatic N) is 2. The molecule has 0 atom stereocenters. The summed E-state index contributed by atoms with van der Waals surface area (Å²) >= 11 is 2.25. The molecular weight excluding hydrogens is 305 g/mol. The second-order valence-corrected chi connectivity index (χ2v) is 5.10. The fraction of sp³-hybridized carbons (Fsp3) is 0.700. The highest BCUT2D eigenvalue weighted by Gasteiger charge is 2.17. The standard InChI is InChI=1S/C10H16IN3O/c1-7-9(11)10(12)14(13-7)6-8-2-4-15-5-3-8/h8H,2-6,12H2,1H3. The Hall–Kier alpha value is -0.300. The van der Waals surface area contributed by atoms with Crippen molar-refractivity contribution in [1.82, 2.24) is 9.78 Å². The average Bonchev–Trinajstić information content (AvgIpc) is 2.48. The van der Waals surface area contributed by atoms with Gasteiger partial charge in [-0.15, -0.1) is 0 Å². The van der Waals surface area contributed by atoms with Crippen LogP contribution < -0.4 is 5.73 Å². The van der Waals surface area contributed by atoms with Gasteiger partial charge >= 0.3 is 0 Å². The molecule has 2 rings (SSSR count). The highest BCUT2D eigenvalue weighted by molar-refractivity contribution is 14.1. The Labute approximate surface area is 103 Å². The molecule has 2 N–H and O–H groups in total. The molecule has 0 aromatic carbocycles. The van der Waals surface area contributed by atoms with Crippen molar-refractivity contribution in [1.29, 1.82) is 0 Å². The maximum Gasteiger partial charge on any atom is 0.135 e. The lowest BCUT2D eigenvalue weighted by Crippen LogP contribution is -2.21. The van der Waals surface area contributed by atoms with E-state index in [4.69, 9.17) is 10.5 Å². The van der Waals surface area contributed by atoms with Gasteiger partial charge in [-0.3, -0.25) is 0 Å². The van der Waals surface area contributed by atoms with Gasteiger partial charge in [0.1, 0.15) is 5.82 Å². The monoisotopic (exact) mass is 321 g/mol. The molecule has 0 spiro atoms. The van der Waals surface area contributed by atoms with Crippen LogP contribution in [0.3, 0.4) is 0 Å². The summed E-state index contributed by atoms with van der Waals surface area (Å²) in [5, 5.41) is 4.45. The fourth-order valence-electron chi connectivity index (χ4n) is 1.89. The molecule has 15 heavy (non-hydrogen) atoms. The third-order valence-corrected chi connectivity index (χ3v) is 4.20. The molecule has 1 aliphatic rings. The van der Waals surface area contributed by atoms with Crippen molar-refractivity contribution in [2.75, 3.05) is 18.9 Å².